The number of nitrogens with two attached hydrogens (primary N) is 1. The van der Waals surface area contributed by atoms with E-state index < -0.39 is 17.7 Å². The van der Waals surface area contributed by atoms with Crippen molar-refractivity contribution in [1.29, 1.82) is 0 Å². The number of piperidine rings is 1. The highest BCUT2D eigenvalue weighted by atomic mass is 16.2. The molecule has 1 aliphatic carbocycles. The summed E-state index contributed by atoms with van der Waals surface area (Å²) in [6.07, 6.45) is 11.0. The van der Waals surface area contributed by atoms with Crippen molar-refractivity contribution in [3.8, 4) is 0 Å². The molecule has 1 aromatic rings. The monoisotopic (exact) mass is 344 g/mol. The van der Waals surface area contributed by atoms with Gasteiger partial charge in [0.15, 0.2) is 0 Å². The fraction of sp³-hybridized carbons (Fsp3) is 0.556. The predicted molar refractivity (Wildman–Crippen MR) is 92.7 cm³/mol. The number of primary amides is 1. The summed E-state index contributed by atoms with van der Waals surface area (Å²) in [5.74, 6) is -1.87. The fourth-order valence-electron chi connectivity index (χ4n) is 3.96. The molecule has 0 unspecified atom stereocenters. The number of hydrogen-bond acceptors (Lipinski definition) is 4. The normalized spacial score (nSPS) is 19.4. The van der Waals surface area contributed by atoms with E-state index in [4.69, 9.17) is 5.73 Å². The Bertz CT molecular complexity index is 673. The Balaban J connectivity index is 1.57. The quantitative estimate of drug-likeness (QED) is 0.796. The maximum Gasteiger partial charge on any atom is 0.313 e. The molecule has 0 radical (unpaired) electrons. The number of hydrogen-bond donors (Lipinski definition) is 2. The first kappa shape index (κ1) is 17.4. The summed E-state index contributed by atoms with van der Waals surface area (Å²) < 4.78 is 0. The Hall–Kier alpha value is -2.44. The van der Waals surface area contributed by atoms with Gasteiger partial charge in [0.05, 0.1) is 17.4 Å². The number of likely N-dealkylation sites (tertiary alicyclic amines) is 1. The fourth-order valence-corrected chi connectivity index (χ4v) is 3.96. The highest BCUT2D eigenvalue weighted by Crippen LogP contribution is 2.44. The number of nitrogens with one attached hydrogen (secondary N) is 1. The molecule has 3 N–H and O–H groups in total. The van der Waals surface area contributed by atoms with Crippen molar-refractivity contribution in [2.75, 3.05) is 18.4 Å². The standard InChI is InChI=1S/C18H24N4O3/c19-15(23)13-10-14(12-20-11-13)21-16(24)17(25)22-8-6-18(7-9-22)4-2-1-3-5-18/h10-12H,1-9H2,(H2,19,23)(H,21,24). The number of anilines is 1. The third-order valence-corrected chi connectivity index (χ3v) is 5.50. The van der Waals surface area contributed by atoms with E-state index in [9.17, 15) is 14.4 Å². The average molecular weight is 344 g/mol. The third kappa shape index (κ3) is 3.97. The zero-order valence-electron chi connectivity index (χ0n) is 14.3. The molecule has 1 saturated heterocycles. The number of carbonyl (C=O) groups is 3. The van der Waals surface area contributed by atoms with Gasteiger partial charge in [-0.3, -0.25) is 19.4 Å². The van der Waals surface area contributed by atoms with Gasteiger partial charge in [-0.15, -0.1) is 0 Å². The molecule has 3 amide bonds. The van der Waals surface area contributed by atoms with Crippen molar-refractivity contribution < 1.29 is 14.4 Å². The van der Waals surface area contributed by atoms with Crippen molar-refractivity contribution in [2.45, 2.75) is 44.9 Å². The van der Waals surface area contributed by atoms with Crippen molar-refractivity contribution in [3.05, 3.63) is 24.0 Å². The third-order valence-electron chi connectivity index (χ3n) is 5.50. The van der Waals surface area contributed by atoms with E-state index >= 15 is 0 Å². The lowest BCUT2D eigenvalue weighted by molar-refractivity contribution is -0.145. The molecule has 0 atom stereocenters. The number of nitrogens with zero attached hydrogens (tertiary/aromatic N) is 2. The van der Waals surface area contributed by atoms with Gasteiger partial charge < -0.3 is 16.0 Å². The number of pyridine rings is 1. The van der Waals surface area contributed by atoms with Crippen LogP contribution in [0.2, 0.25) is 0 Å². The van der Waals surface area contributed by atoms with Gasteiger partial charge in [0.25, 0.3) is 0 Å². The molecule has 1 saturated carbocycles. The number of amides is 3. The average Bonchev–Trinajstić information content (AvgIpc) is 2.62. The summed E-state index contributed by atoms with van der Waals surface area (Å²) in [4.78, 5) is 41.2. The molecule has 2 aliphatic rings. The van der Waals surface area contributed by atoms with E-state index in [0.29, 0.717) is 18.5 Å². The van der Waals surface area contributed by atoms with Crippen LogP contribution in [0.5, 0.6) is 0 Å². The maximum atomic E-state index is 12.4. The molecule has 7 heteroatoms. The van der Waals surface area contributed by atoms with E-state index in [1.807, 2.05) is 0 Å². The molecule has 134 valence electrons. The first-order valence-electron chi connectivity index (χ1n) is 8.84. The topological polar surface area (TPSA) is 105 Å². The highest BCUT2D eigenvalue weighted by Gasteiger charge is 2.37. The second kappa shape index (κ2) is 7.21. The summed E-state index contributed by atoms with van der Waals surface area (Å²) in [6, 6.07) is 1.41. The molecule has 0 bridgehead atoms. The SMILES string of the molecule is NC(=O)c1cncc(NC(=O)C(=O)N2CCC3(CCCCC3)CC2)c1. The molecule has 7 nitrogen and oxygen atoms in total. The van der Waals surface area contributed by atoms with Crippen molar-refractivity contribution in [3.63, 3.8) is 0 Å². The molecular weight excluding hydrogens is 320 g/mol. The lowest BCUT2D eigenvalue weighted by atomic mass is 9.68. The van der Waals surface area contributed by atoms with Crippen LogP contribution in [0.15, 0.2) is 18.5 Å². The van der Waals surface area contributed by atoms with Crippen molar-refractivity contribution >= 4 is 23.4 Å². The lowest BCUT2D eigenvalue weighted by Crippen LogP contribution is -2.47. The number of carbonyl (C=O) groups excluding carboxylic acids is 3. The van der Waals surface area contributed by atoms with Crippen LogP contribution in [0.25, 0.3) is 0 Å². The van der Waals surface area contributed by atoms with Crippen LogP contribution >= 0.6 is 0 Å². The Morgan fingerprint density at radius 1 is 1.04 bits per heavy atom. The van der Waals surface area contributed by atoms with Crippen LogP contribution in [-0.4, -0.2) is 40.7 Å². The first-order valence-corrected chi connectivity index (χ1v) is 8.84. The maximum absolute atomic E-state index is 12.4. The minimum atomic E-state index is -0.706. The number of aromatic nitrogens is 1. The van der Waals surface area contributed by atoms with Crippen LogP contribution in [0.4, 0.5) is 5.69 Å². The van der Waals surface area contributed by atoms with Gasteiger partial charge in [-0.2, -0.15) is 0 Å². The van der Waals surface area contributed by atoms with E-state index in [1.54, 1.807) is 4.90 Å². The van der Waals surface area contributed by atoms with Crippen molar-refractivity contribution in [1.82, 2.24) is 9.88 Å². The van der Waals surface area contributed by atoms with Gasteiger partial charge in [0.1, 0.15) is 0 Å². The molecule has 1 aliphatic heterocycles. The molecule has 0 aromatic carbocycles. The summed E-state index contributed by atoms with van der Waals surface area (Å²) in [5, 5.41) is 2.50. The van der Waals surface area contributed by atoms with Gasteiger partial charge in [0, 0.05) is 19.3 Å². The zero-order chi connectivity index (χ0) is 17.9. The predicted octanol–water partition coefficient (Wildman–Crippen LogP) is 1.69. The lowest BCUT2D eigenvalue weighted by Gasteiger charge is -2.44. The van der Waals surface area contributed by atoms with E-state index in [1.165, 1.54) is 50.6 Å². The van der Waals surface area contributed by atoms with E-state index in [2.05, 4.69) is 10.3 Å². The van der Waals surface area contributed by atoms with E-state index in [-0.39, 0.29) is 11.3 Å². The van der Waals surface area contributed by atoms with Gasteiger partial charge in [-0.05, 0) is 37.2 Å². The second-order valence-electron chi connectivity index (χ2n) is 7.13. The van der Waals surface area contributed by atoms with Crippen LogP contribution in [0.1, 0.15) is 55.3 Å². The Kier molecular flexibility index (Phi) is 5.01. The molecule has 3 rings (SSSR count). The summed E-state index contributed by atoms with van der Waals surface area (Å²) >= 11 is 0. The molecular formula is C18H24N4O3. The van der Waals surface area contributed by atoms with Crippen LogP contribution < -0.4 is 11.1 Å². The van der Waals surface area contributed by atoms with Crippen molar-refractivity contribution in [2.24, 2.45) is 11.1 Å². The minimum Gasteiger partial charge on any atom is -0.366 e. The zero-order valence-corrected chi connectivity index (χ0v) is 14.3. The number of rotatable bonds is 2. The molecule has 25 heavy (non-hydrogen) atoms. The van der Waals surface area contributed by atoms with E-state index in [0.717, 1.165) is 12.8 Å². The molecule has 2 fully saturated rings. The summed E-state index contributed by atoms with van der Waals surface area (Å²) in [6.45, 7) is 1.26. The van der Waals surface area contributed by atoms with Gasteiger partial charge >= 0.3 is 11.8 Å². The summed E-state index contributed by atoms with van der Waals surface area (Å²) in [7, 11) is 0. The van der Waals surface area contributed by atoms with Gasteiger partial charge in [-0.25, -0.2) is 0 Å². The Labute approximate surface area is 147 Å². The van der Waals surface area contributed by atoms with Gasteiger partial charge in [0.2, 0.25) is 5.91 Å². The van der Waals surface area contributed by atoms with Crippen LogP contribution in [-0.2, 0) is 9.59 Å². The first-order chi connectivity index (χ1) is 12.0. The largest absolute Gasteiger partial charge is 0.366 e. The summed E-state index contributed by atoms with van der Waals surface area (Å²) in [5.41, 5.74) is 6.04. The smallest absolute Gasteiger partial charge is 0.313 e. The van der Waals surface area contributed by atoms with Crippen LogP contribution in [0.3, 0.4) is 0 Å². The van der Waals surface area contributed by atoms with Gasteiger partial charge in [-0.1, -0.05) is 19.3 Å². The molecule has 1 aromatic heterocycles. The highest BCUT2D eigenvalue weighted by molar-refractivity contribution is 6.39. The Morgan fingerprint density at radius 3 is 2.36 bits per heavy atom. The van der Waals surface area contributed by atoms with Crippen LogP contribution in [0, 0.1) is 5.41 Å². The minimum absolute atomic E-state index is 0.183. The molecule has 1 spiro atoms. The second-order valence-corrected chi connectivity index (χ2v) is 7.13. The molecule has 2 heterocycles. The Morgan fingerprint density at radius 2 is 1.72 bits per heavy atom.